The molecule has 2 heterocycles. The molecule has 0 bridgehead atoms. The zero-order valence-corrected chi connectivity index (χ0v) is 9.35. The fraction of sp³-hybridized carbons (Fsp3) is 0.462. The minimum absolute atomic E-state index is 0.0983. The Balaban J connectivity index is 1.97. The first-order chi connectivity index (χ1) is 7.71. The second-order valence-electron chi connectivity index (χ2n) is 4.68. The van der Waals surface area contributed by atoms with Gasteiger partial charge in [0.1, 0.15) is 5.72 Å². The molecule has 0 aliphatic carbocycles. The number of amides is 1. The minimum atomic E-state index is -0.364. The van der Waals surface area contributed by atoms with Crippen LogP contribution >= 0.6 is 0 Å². The molecule has 0 unspecified atom stereocenters. The van der Waals surface area contributed by atoms with Crippen molar-refractivity contribution in [2.24, 2.45) is 0 Å². The van der Waals surface area contributed by atoms with Crippen molar-refractivity contribution in [1.82, 2.24) is 4.90 Å². The van der Waals surface area contributed by atoms with Gasteiger partial charge in [-0.1, -0.05) is 30.3 Å². The van der Waals surface area contributed by atoms with Crippen LogP contribution < -0.4 is 0 Å². The summed E-state index contributed by atoms with van der Waals surface area (Å²) in [4.78, 5) is 13.8. The van der Waals surface area contributed by atoms with Crippen molar-refractivity contribution < 1.29 is 9.53 Å². The van der Waals surface area contributed by atoms with Crippen LogP contribution in [0.2, 0.25) is 0 Å². The monoisotopic (exact) mass is 217 g/mol. The maximum atomic E-state index is 11.9. The summed E-state index contributed by atoms with van der Waals surface area (Å²) in [5.74, 6) is 0.217. The number of benzene rings is 1. The molecule has 1 aromatic carbocycles. The zero-order valence-electron chi connectivity index (χ0n) is 9.35. The first kappa shape index (κ1) is 9.85. The molecular formula is C13H15NO2. The number of hydrogen-bond acceptors (Lipinski definition) is 2. The van der Waals surface area contributed by atoms with Crippen LogP contribution in [0.15, 0.2) is 30.3 Å². The second kappa shape index (κ2) is 3.32. The van der Waals surface area contributed by atoms with Crippen molar-refractivity contribution in [3.8, 4) is 0 Å². The molecule has 1 aromatic rings. The molecule has 3 rings (SSSR count). The molecule has 16 heavy (non-hydrogen) atoms. The maximum Gasteiger partial charge on any atom is 0.225 e. The highest BCUT2D eigenvalue weighted by Crippen LogP contribution is 2.44. The first-order valence-corrected chi connectivity index (χ1v) is 5.72. The topological polar surface area (TPSA) is 29.5 Å². The van der Waals surface area contributed by atoms with Crippen molar-refractivity contribution in [2.45, 2.75) is 31.5 Å². The van der Waals surface area contributed by atoms with Crippen molar-refractivity contribution in [3.63, 3.8) is 0 Å². The summed E-state index contributed by atoms with van der Waals surface area (Å²) >= 11 is 0. The van der Waals surface area contributed by atoms with E-state index in [0.717, 1.165) is 6.42 Å². The van der Waals surface area contributed by atoms with E-state index in [1.807, 2.05) is 30.0 Å². The molecule has 2 atom stereocenters. The highest BCUT2D eigenvalue weighted by atomic mass is 16.5. The van der Waals surface area contributed by atoms with Crippen LogP contribution in [-0.2, 0) is 9.53 Å². The number of ether oxygens (including phenoxy) is 1. The SMILES string of the molecule is C[C@@]12CCC(=O)N1[C@@H](c1ccccc1)CO2. The molecular weight excluding hydrogens is 202 g/mol. The Morgan fingerprint density at radius 2 is 2.12 bits per heavy atom. The number of rotatable bonds is 1. The van der Waals surface area contributed by atoms with Crippen molar-refractivity contribution in [3.05, 3.63) is 35.9 Å². The largest absolute Gasteiger partial charge is 0.353 e. The van der Waals surface area contributed by atoms with Gasteiger partial charge in [0.05, 0.1) is 12.6 Å². The van der Waals surface area contributed by atoms with Crippen LogP contribution in [0.1, 0.15) is 31.4 Å². The quantitative estimate of drug-likeness (QED) is 0.721. The Kier molecular flexibility index (Phi) is 2.04. The van der Waals surface area contributed by atoms with E-state index >= 15 is 0 Å². The number of hydrogen-bond donors (Lipinski definition) is 0. The number of carbonyl (C=O) groups excluding carboxylic acids is 1. The van der Waals surface area contributed by atoms with Gasteiger partial charge >= 0.3 is 0 Å². The number of carbonyl (C=O) groups is 1. The maximum absolute atomic E-state index is 11.9. The molecule has 2 aliphatic heterocycles. The lowest BCUT2D eigenvalue weighted by atomic mass is 10.1. The summed E-state index contributed by atoms with van der Waals surface area (Å²) in [7, 11) is 0. The van der Waals surface area contributed by atoms with Crippen LogP contribution in [0.3, 0.4) is 0 Å². The molecule has 0 spiro atoms. The summed E-state index contributed by atoms with van der Waals surface area (Å²) in [5.41, 5.74) is 0.805. The van der Waals surface area contributed by atoms with E-state index in [9.17, 15) is 4.79 Å². The van der Waals surface area contributed by atoms with E-state index < -0.39 is 0 Å². The van der Waals surface area contributed by atoms with Gasteiger partial charge in [0.2, 0.25) is 5.91 Å². The average Bonchev–Trinajstić information content (AvgIpc) is 2.78. The molecule has 0 radical (unpaired) electrons. The lowest BCUT2D eigenvalue weighted by Crippen LogP contribution is -2.39. The van der Waals surface area contributed by atoms with Gasteiger partial charge in [-0.2, -0.15) is 0 Å². The van der Waals surface area contributed by atoms with Gasteiger partial charge in [0, 0.05) is 12.8 Å². The summed E-state index contributed by atoms with van der Waals surface area (Å²) < 4.78 is 5.81. The lowest BCUT2D eigenvalue weighted by Gasteiger charge is -2.29. The number of fused-ring (bicyclic) bond motifs is 1. The van der Waals surface area contributed by atoms with Gasteiger partial charge < -0.3 is 9.64 Å². The number of nitrogens with zero attached hydrogens (tertiary/aromatic N) is 1. The van der Waals surface area contributed by atoms with Crippen LogP contribution in [0, 0.1) is 0 Å². The normalized spacial score (nSPS) is 33.2. The predicted molar refractivity (Wildman–Crippen MR) is 59.6 cm³/mol. The van der Waals surface area contributed by atoms with E-state index in [1.165, 1.54) is 5.56 Å². The summed E-state index contributed by atoms with van der Waals surface area (Å²) in [6.07, 6.45) is 1.43. The van der Waals surface area contributed by atoms with E-state index in [0.29, 0.717) is 13.0 Å². The molecule has 2 aliphatic rings. The van der Waals surface area contributed by atoms with E-state index in [2.05, 4.69) is 12.1 Å². The molecule has 0 N–H and O–H groups in total. The van der Waals surface area contributed by atoms with Gasteiger partial charge in [-0.05, 0) is 12.5 Å². The highest BCUT2D eigenvalue weighted by Gasteiger charge is 2.51. The lowest BCUT2D eigenvalue weighted by molar-refractivity contribution is -0.136. The van der Waals surface area contributed by atoms with E-state index in [1.54, 1.807) is 0 Å². The summed E-state index contributed by atoms with van der Waals surface area (Å²) in [6.45, 7) is 2.63. The Labute approximate surface area is 95.0 Å². The highest BCUT2D eigenvalue weighted by molar-refractivity contribution is 5.80. The molecule has 84 valence electrons. The molecule has 0 saturated carbocycles. The Morgan fingerprint density at radius 1 is 1.38 bits per heavy atom. The minimum Gasteiger partial charge on any atom is -0.353 e. The Hall–Kier alpha value is -1.35. The van der Waals surface area contributed by atoms with E-state index in [-0.39, 0.29) is 17.7 Å². The van der Waals surface area contributed by atoms with Gasteiger partial charge in [0.15, 0.2) is 0 Å². The van der Waals surface area contributed by atoms with Crippen molar-refractivity contribution >= 4 is 5.91 Å². The first-order valence-electron chi connectivity index (χ1n) is 5.72. The van der Waals surface area contributed by atoms with Crippen LogP contribution in [0.5, 0.6) is 0 Å². The van der Waals surface area contributed by atoms with Crippen molar-refractivity contribution in [2.75, 3.05) is 6.61 Å². The molecule has 2 saturated heterocycles. The molecule has 0 aromatic heterocycles. The van der Waals surface area contributed by atoms with Crippen LogP contribution in [0.25, 0.3) is 0 Å². The van der Waals surface area contributed by atoms with Crippen LogP contribution in [0.4, 0.5) is 0 Å². The molecule has 2 fully saturated rings. The third-order valence-electron chi connectivity index (χ3n) is 3.63. The van der Waals surface area contributed by atoms with Gasteiger partial charge in [-0.15, -0.1) is 0 Å². The molecule has 3 heteroatoms. The Morgan fingerprint density at radius 3 is 2.88 bits per heavy atom. The molecule has 3 nitrogen and oxygen atoms in total. The fourth-order valence-corrected chi connectivity index (χ4v) is 2.74. The Bertz CT molecular complexity index is 417. The fourth-order valence-electron chi connectivity index (χ4n) is 2.74. The second-order valence-corrected chi connectivity index (χ2v) is 4.68. The standard InChI is InChI=1S/C13H15NO2/c1-13-8-7-12(15)14(13)11(9-16-13)10-5-3-2-4-6-10/h2-6,11H,7-9H2,1H3/t11-,13-/m1/s1. The zero-order chi connectivity index (χ0) is 11.2. The third kappa shape index (κ3) is 1.28. The van der Waals surface area contributed by atoms with Crippen molar-refractivity contribution in [1.29, 1.82) is 0 Å². The summed E-state index contributed by atoms with van der Waals surface area (Å²) in [6, 6.07) is 10.2. The third-order valence-corrected chi connectivity index (χ3v) is 3.63. The summed E-state index contributed by atoms with van der Waals surface area (Å²) in [5, 5.41) is 0. The molecule has 1 amide bonds. The predicted octanol–water partition coefficient (Wildman–Crippen LogP) is 2.10. The average molecular weight is 217 g/mol. The van der Waals surface area contributed by atoms with Gasteiger partial charge in [0.25, 0.3) is 0 Å². The van der Waals surface area contributed by atoms with E-state index in [4.69, 9.17) is 4.74 Å². The van der Waals surface area contributed by atoms with Crippen LogP contribution in [-0.4, -0.2) is 23.1 Å². The van der Waals surface area contributed by atoms with Gasteiger partial charge in [-0.3, -0.25) is 4.79 Å². The smallest absolute Gasteiger partial charge is 0.225 e. The van der Waals surface area contributed by atoms with Gasteiger partial charge in [-0.25, -0.2) is 0 Å².